The normalized spacial score (nSPS) is 15.1. The number of thiazole rings is 1. The van der Waals surface area contributed by atoms with Gasteiger partial charge in [-0.25, -0.2) is 9.79 Å². The minimum Gasteiger partial charge on any atom is -0.497 e. The molecule has 0 N–H and O–H groups in total. The zero-order valence-electron chi connectivity index (χ0n) is 22.6. The number of nitrogens with zero attached hydrogens (tertiary/aromatic N) is 3. The van der Waals surface area contributed by atoms with Crippen LogP contribution in [-0.2, 0) is 9.53 Å². The number of benzene rings is 2. The van der Waals surface area contributed by atoms with Crippen LogP contribution in [0.2, 0.25) is 0 Å². The lowest BCUT2D eigenvalue weighted by Gasteiger charge is -2.24. The molecule has 8 nitrogen and oxygen atoms in total. The molecule has 1 aromatic heterocycles. The van der Waals surface area contributed by atoms with Crippen LogP contribution in [0.15, 0.2) is 63.5 Å². The lowest BCUT2D eigenvalue weighted by atomic mass is 9.96. The molecular formula is C29H33N3O5S. The van der Waals surface area contributed by atoms with E-state index in [1.165, 1.54) is 11.3 Å². The maximum atomic E-state index is 13.9. The molecular weight excluding hydrogens is 502 g/mol. The quantitative estimate of drug-likeness (QED) is 0.389. The van der Waals surface area contributed by atoms with Crippen molar-refractivity contribution in [3.05, 3.63) is 84.5 Å². The highest BCUT2D eigenvalue weighted by Crippen LogP contribution is 2.32. The maximum absolute atomic E-state index is 13.9. The number of aromatic nitrogens is 1. The molecule has 9 heteroatoms. The number of hydrogen-bond donors (Lipinski definition) is 0. The van der Waals surface area contributed by atoms with Crippen molar-refractivity contribution < 1.29 is 19.0 Å². The van der Waals surface area contributed by atoms with Gasteiger partial charge in [-0.15, -0.1) is 0 Å². The number of esters is 1. The van der Waals surface area contributed by atoms with Gasteiger partial charge in [0.15, 0.2) is 4.80 Å². The van der Waals surface area contributed by atoms with Gasteiger partial charge in [0.05, 0.1) is 42.7 Å². The van der Waals surface area contributed by atoms with Crippen LogP contribution in [0.5, 0.6) is 11.5 Å². The van der Waals surface area contributed by atoms with E-state index >= 15 is 0 Å². The van der Waals surface area contributed by atoms with E-state index in [0.29, 0.717) is 32.1 Å². The number of allylic oxidation sites excluding steroid dienone is 1. The highest BCUT2D eigenvalue weighted by molar-refractivity contribution is 7.07. The number of hydrogen-bond acceptors (Lipinski definition) is 8. The number of methoxy groups -OCH3 is 2. The standard InChI is InChI=1S/C29H33N3O5S/c1-7-31(8-2)21-13-10-20(23(17-21)36-6)16-24-27(33)32-26(19-11-14-22(35-5)15-12-19)25(28(34)37-9-3)18(4)30-29(32)38-24/h10-17,26H,7-9H2,1-6H3/b24-16-/t26-/m1/s1. The molecule has 1 aliphatic heterocycles. The van der Waals surface area contributed by atoms with E-state index in [2.05, 4.69) is 23.7 Å². The summed E-state index contributed by atoms with van der Waals surface area (Å²) in [5.74, 6) is 0.868. The Hall–Kier alpha value is -3.85. The highest BCUT2D eigenvalue weighted by Gasteiger charge is 2.33. The second-order valence-electron chi connectivity index (χ2n) is 8.67. The van der Waals surface area contributed by atoms with Gasteiger partial charge in [-0.1, -0.05) is 23.5 Å². The average Bonchev–Trinajstić information content (AvgIpc) is 3.23. The van der Waals surface area contributed by atoms with Gasteiger partial charge in [-0.3, -0.25) is 9.36 Å². The minimum absolute atomic E-state index is 0.221. The van der Waals surface area contributed by atoms with E-state index in [1.54, 1.807) is 32.6 Å². The third kappa shape index (κ3) is 5.11. The van der Waals surface area contributed by atoms with Crippen LogP contribution in [0.4, 0.5) is 5.69 Å². The molecule has 2 heterocycles. The molecule has 0 saturated carbocycles. The van der Waals surface area contributed by atoms with Crippen molar-refractivity contribution in [1.29, 1.82) is 0 Å². The molecule has 0 radical (unpaired) electrons. The predicted molar refractivity (Wildman–Crippen MR) is 150 cm³/mol. The largest absolute Gasteiger partial charge is 0.497 e. The number of anilines is 1. The lowest BCUT2D eigenvalue weighted by molar-refractivity contribution is -0.139. The Balaban J connectivity index is 1.89. The SMILES string of the molecule is CCOC(=O)C1=C(C)N=c2s/c(=C\c3ccc(N(CC)CC)cc3OC)c(=O)n2[C@@H]1c1ccc(OC)cc1. The summed E-state index contributed by atoms with van der Waals surface area (Å²) in [4.78, 5) is 34.3. The van der Waals surface area contributed by atoms with Crippen molar-refractivity contribution >= 4 is 29.1 Å². The van der Waals surface area contributed by atoms with Gasteiger partial charge in [0.1, 0.15) is 11.5 Å². The molecule has 0 unspecified atom stereocenters. The number of fused-ring (bicyclic) bond motifs is 1. The molecule has 0 fully saturated rings. The molecule has 3 aromatic rings. The molecule has 4 rings (SSSR count). The molecule has 0 aliphatic carbocycles. The molecule has 38 heavy (non-hydrogen) atoms. The predicted octanol–water partition coefficient (Wildman–Crippen LogP) is 3.66. The van der Waals surface area contributed by atoms with E-state index in [9.17, 15) is 9.59 Å². The molecule has 1 atom stereocenters. The van der Waals surface area contributed by atoms with Crippen LogP contribution < -0.4 is 29.3 Å². The highest BCUT2D eigenvalue weighted by atomic mass is 32.1. The van der Waals surface area contributed by atoms with Crippen molar-refractivity contribution in [3.8, 4) is 11.5 Å². The van der Waals surface area contributed by atoms with Gasteiger partial charge >= 0.3 is 5.97 Å². The summed E-state index contributed by atoms with van der Waals surface area (Å²) in [6.07, 6.45) is 1.82. The summed E-state index contributed by atoms with van der Waals surface area (Å²) in [6, 6.07) is 12.6. The Morgan fingerprint density at radius 2 is 1.79 bits per heavy atom. The zero-order chi connectivity index (χ0) is 27.4. The number of carbonyl (C=O) groups is 1. The topological polar surface area (TPSA) is 82.4 Å². The van der Waals surface area contributed by atoms with Crippen LogP contribution in [0.1, 0.15) is 44.9 Å². The zero-order valence-corrected chi connectivity index (χ0v) is 23.4. The third-order valence-electron chi connectivity index (χ3n) is 6.58. The summed E-state index contributed by atoms with van der Waals surface area (Å²) < 4.78 is 18.4. The lowest BCUT2D eigenvalue weighted by Crippen LogP contribution is -2.39. The fraction of sp³-hybridized carbons (Fsp3) is 0.345. The summed E-state index contributed by atoms with van der Waals surface area (Å²) in [7, 11) is 3.22. The first-order valence-corrected chi connectivity index (χ1v) is 13.4. The first-order valence-electron chi connectivity index (χ1n) is 12.6. The Morgan fingerprint density at radius 3 is 2.39 bits per heavy atom. The van der Waals surface area contributed by atoms with Crippen molar-refractivity contribution in [2.75, 3.05) is 38.8 Å². The molecule has 0 bridgehead atoms. The average molecular weight is 536 g/mol. The second kappa shape index (κ2) is 11.7. The molecule has 0 spiro atoms. The summed E-state index contributed by atoms with van der Waals surface area (Å²) in [5, 5.41) is 0. The fourth-order valence-electron chi connectivity index (χ4n) is 4.64. The molecule has 0 amide bonds. The van der Waals surface area contributed by atoms with Crippen molar-refractivity contribution in [1.82, 2.24) is 4.57 Å². The van der Waals surface area contributed by atoms with E-state index in [-0.39, 0.29) is 12.2 Å². The Labute approximate surface area is 226 Å². The molecule has 0 saturated heterocycles. The van der Waals surface area contributed by atoms with E-state index < -0.39 is 12.0 Å². The number of ether oxygens (including phenoxy) is 3. The van der Waals surface area contributed by atoms with Gasteiger partial charge in [0, 0.05) is 30.4 Å². The Morgan fingerprint density at radius 1 is 1.08 bits per heavy atom. The monoisotopic (exact) mass is 535 g/mol. The van der Waals surface area contributed by atoms with E-state index in [0.717, 1.165) is 29.9 Å². The fourth-order valence-corrected chi connectivity index (χ4v) is 5.68. The van der Waals surface area contributed by atoms with Crippen LogP contribution in [0, 0.1) is 0 Å². The Bertz CT molecular complexity index is 1530. The molecule has 200 valence electrons. The molecule has 1 aliphatic rings. The number of rotatable bonds is 9. The maximum Gasteiger partial charge on any atom is 0.338 e. The minimum atomic E-state index is -0.676. The number of carbonyl (C=O) groups excluding carboxylic acids is 1. The van der Waals surface area contributed by atoms with Gasteiger partial charge in [-0.05, 0) is 63.6 Å². The van der Waals surface area contributed by atoms with Gasteiger partial charge in [0.2, 0.25) is 0 Å². The first-order chi connectivity index (χ1) is 18.4. The van der Waals surface area contributed by atoms with Gasteiger partial charge in [0.25, 0.3) is 5.56 Å². The van der Waals surface area contributed by atoms with Crippen molar-refractivity contribution in [2.24, 2.45) is 4.99 Å². The molecule has 2 aromatic carbocycles. The van der Waals surface area contributed by atoms with Crippen molar-refractivity contribution in [2.45, 2.75) is 33.7 Å². The van der Waals surface area contributed by atoms with Crippen LogP contribution in [-0.4, -0.2) is 44.5 Å². The first kappa shape index (κ1) is 27.2. The van der Waals surface area contributed by atoms with E-state index in [4.69, 9.17) is 14.2 Å². The Kier molecular flexibility index (Phi) is 8.36. The van der Waals surface area contributed by atoms with Crippen molar-refractivity contribution in [3.63, 3.8) is 0 Å². The second-order valence-corrected chi connectivity index (χ2v) is 9.68. The van der Waals surface area contributed by atoms with E-state index in [1.807, 2.05) is 48.5 Å². The summed E-state index contributed by atoms with van der Waals surface area (Å²) >= 11 is 1.28. The summed E-state index contributed by atoms with van der Waals surface area (Å²) in [5.41, 5.74) is 3.24. The van der Waals surface area contributed by atoms with Crippen LogP contribution in [0.25, 0.3) is 6.08 Å². The van der Waals surface area contributed by atoms with Crippen LogP contribution in [0.3, 0.4) is 0 Å². The van der Waals surface area contributed by atoms with Gasteiger partial charge in [-0.2, -0.15) is 0 Å². The van der Waals surface area contributed by atoms with Gasteiger partial charge < -0.3 is 19.1 Å². The third-order valence-corrected chi connectivity index (χ3v) is 7.56. The summed E-state index contributed by atoms with van der Waals surface area (Å²) in [6.45, 7) is 9.72. The van der Waals surface area contributed by atoms with Crippen LogP contribution >= 0.6 is 11.3 Å². The smallest absolute Gasteiger partial charge is 0.338 e.